The van der Waals surface area contributed by atoms with Crippen molar-refractivity contribution in [2.75, 3.05) is 0 Å². The minimum atomic E-state index is -0.882. The molecule has 0 bridgehead atoms. The maximum absolute atomic E-state index is 13.2. The first kappa shape index (κ1) is 10.8. The fraction of sp³-hybridized carbons (Fsp3) is 0. The van der Waals surface area contributed by atoms with E-state index in [-0.39, 0.29) is 0 Å². The molecule has 0 aliphatic heterocycles. The molecule has 1 heterocycles. The number of halogens is 2. The zero-order chi connectivity index (χ0) is 11.7. The predicted molar refractivity (Wildman–Crippen MR) is 58.5 cm³/mol. The van der Waals surface area contributed by atoms with Gasteiger partial charge < -0.3 is 4.42 Å². The van der Waals surface area contributed by atoms with Crippen LogP contribution in [0.4, 0.5) is 10.1 Å². The molecular formula is C10H5BrFNO3. The number of furan rings is 1. The van der Waals surface area contributed by atoms with Crippen molar-refractivity contribution >= 4 is 21.6 Å². The van der Waals surface area contributed by atoms with Gasteiger partial charge in [-0.3, -0.25) is 10.1 Å². The molecule has 1 aromatic heterocycles. The number of nitro groups is 1. The number of hydrogen-bond donors (Lipinski definition) is 0. The van der Waals surface area contributed by atoms with E-state index in [0.717, 1.165) is 12.1 Å². The minimum absolute atomic E-state index is 0.408. The Morgan fingerprint density at radius 1 is 1.44 bits per heavy atom. The lowest BCUT2D eigenvalue weighted by Gasteiger charge is -2.01. The van der Waals surface area contributed by atoms with E-state index in [9.17, 15) is 14.5 Å². The van der Waals surface area contributed by atoms with Crippen LogP contribution in [0.15, 0.2) is 39.4 Å². The standard InChI is InChI=1S/C10H5BrFNO3/c11-7-5-8(12)9(13(14)15)4-6(7)10-2-1-3-16-10/h1-5H. The number of hydrogen-bond acceptors (Lipinski definition) is 3. The van der Waals surface area contributed by atoms with Crippen LogP contribution >= 0.6 is 15.9 Å². The van der Waals surface area contributed by atoms with Gasteiger partial charge in [0.25, 0.3) is 0 Å². The van der Waals surface area contributed by atoms with E-state index in [4.69, 9.17) is 4.42 Å². The van der Waals surface area contributed by atoms with Crippen LogP contribution in [-0.4, -0.2) is 4.92 Å². The average Bonchev–Trinajstić information content (AvgIpc) is 2.70. The zero-order valence-corrected chi connectivity index (χ0v) is 9.40. The molecule has 0 aliphatic carbocycles. The Morgan fingerprint density at radius 3 is 2.75 bits per heavy atom. The third-order valence-electron chi connectivity index (χ3n) is 2.02. The smallest absolute Gasteiger partial charge is 0.305 e. The molecule has 0 radical (unpaired) electrons. The maximum atomic E-state index is 13.2. The summed E-state index contributed by atoms with van der Waals surface area (Å²) in [6, 6.07) is 5.48. The monoisotopic (exact) mass is 285 g/mol. The first-order valence-electron chi connectivity index (χ1n) is 4.27. The lowest BCUT2D eigenvalue weighted by Crippen LogP contribution is -1.93. The summed E-state index contributed by atoms with van der Waals surface area (Å²) < 4.78 is 18.7. The Hall–Kier alpha value is -1.69. The van der Waals surface area contributed by atoms with Crippen LogP contribution in [0.1, 0.15) is 0 Å². The van der Waals surface area contributed by atoms with Gasteiger partial charge >= 0.3 is 5.69 Å². The van der Waals surface area contributed by atoms with Crippen molar-refractivity contribution in [3.8, 4) is 11.3 Å². The van der Waals surface area contributed by atoms with Crippen molar-refractivity contribution in [3.05, 3.63) is 50.9 Å². The largest absolute Gasteiger partial charge is 0.464 e. The summed E-state index contributed by atoms with van der Waals surface area (Å²) in [5.41, 5.74) is -0.132. The van der Waals surface area contributed by atoms with Gasteiger partial charge in [-0.2, -0.15) is 4.39 Å². The van der Waals surface area contributed by atoms with E-state index in [2.05, 4.69) is 15.9 Å². The van der Waals surface area contributed by atoms with E-state index >= 15 is 0 Å². The zero-order valence-electron chi connectivity index (χ0n) is 7.81. The van der Waals surface area contributed by atoms with E-state index in [1.54, 1.807) is 12.1 Å². The maximum Gasteiger partial charge on any atom is 0.305 e. The molecule has 0 aliphatic rings. The fourth-order valence-corrected chi connectivity index (χ4v) is 1.81. The summed E-state index contributed by atoms with van der Waals surface area (Å²) >= 11 is 3.13. The van der Waals surface area contributed by atoms with E-state index < -0.39 is 16.4 Å². The van der Waals surface area contributed by atoms with Gasteiger partial charge in [-0.25, -0.2) is 0 Å². The first-order valence-corrected chi connectivity index (χ1v) is 5.06. The number of benzene rings is 1. The molecule has 0 spiro atoms. The molecule has 4 nitrogen and oxygen atoms in total. The van der Waals surface area contributed by atoms with Gasteiger partial charge in [0, 0.05) is 16.1 Å². The van der Waals surface area contributed by atoms with Crippen molar-refractivity contribution in [1.29, 1.82) is 0 Å². The quantitative estimate of drug-likeness (QED) is 0.624. The third-order valence-corrected chi connectivity index (χ3v) is 2.68. The van der Waals surface area contributed by atoms with Gasteiger partial charge in [0.15, 0.2) is 0 Å². The highest BCUT2D eigenvalue weighted by Crippen LogP contribution is 2.33. The van der Waals surface area contributed by atoms with Crippen molar-refractivity contribution < 1.29 is 13.7 Å². The van der Waals surface area contributed by atoms with Crippen LogP contribution in [0.2, 0.25) is 0 Å². The molecular weight excluding hydrogens is 281 g/mol. The molecule has 16 heavy (non-hydrogen) atoms. The summed E-state index contributed by atoms with van der Waals surface area (Å²) in [7, 11) is 0. The van der Waals surface area contributed by atoms with Gasteiger partial charge in [0.2, 0.25) is 5.82 Å². The van der Waals surface area contributed by atoms with Gasteiger partial charge in [-0.05, 0) is 34.1 Å². The fourth-order valence-electron chi connectivity index (χ4n) is 1.30. The van der Waals surface area contributed by atoms with Crippen molar-refractivity contribution in [3.63, 3.8) is 0 Å². The highest BCUT2D eigenvalue weighted by molar-refractivity contribution is 9.10. The van der Waals surface area contributed by atoms with Gasteiger partial charge in [-0.15, -0.1) is 0 Å². The number of nitro benzene ring substituents is 1. The molecule has 1 aromatic carbocycles. The Morgan fingerprint density at radius 2 is 2.19 bits per heavy atom. The summed E-state index contributed by atoms with van der Waals surface area (Å²) in [5, 5.41) is 10.6. The van der Waals surface area contributed by atoms with Crippen LogP contribution in [0.25, 0.3) is 11.3 Å². The van der Waals surface area contributed by atoms with Crippen molar-refractivity contribution in [2.45, 2.75) is 0 Å². The van der Waals surface area contributed by atoms with Gasteiger partial charge in [0.1, 0.15) is 5.76 Å². The molecule has 6 heteroatoms. The molecule has 0 unspecified atom stereocenters. The predicted octanol–water partition coefficient (Wildman–Crippen LogP) is 3.76. The average molecular weight is 286 g/mol. The SMILES string of the molecule is O=[N+]([O-])c1cc(-c2ccco2)c(Br)cc1F. The van der Waals surface area contributed by atoms with E-state index in [1.807, 2.05) is 0 Å². The Kier molecular flexibility index (Phi) is 2.74. The Balaban J connectivity index is 2.63. The van der Waals surface area contributed by atoms with Crippen molar-refractivity contribution in [2.24, 2.45) is 0 Å². The molecule has 82 valence electrons. The molecule has 0 atom stereocenters. The summed E-state index contributed by atoms with van der Waals surface area (Å²) in [5.74, 6) is -0.442. The Bertz CT molecular complexity index is 539. The van der Waals surface area contributed by atoms with Crippen molar-refractivity contribution in [1.82, 2.24) is 0 Å². The molecule has 0 saturated carbocycles. The second-order valence-electron chi connectivity index (χ2n) is 3.02. The highest BCUT2D eigenvalue weighted by atomic mass is 79.9. The summed E-state index contributed by atoms with van der Waals surface area (Å²) in [4.78, 5) is 9.80. The first-order chi connectivity index (χ1) is 7.59. The second-order valence-corrected chi connectivity index (χ2v) is 3.87. The number of nitrogens with zero attached hydrogens (tertiary/aromatic N) is 1. The summed E-state index contributed by atoms with van der Waals surface area (Å²) in [6.07, 6.45) is 1.44. The molecule has 2 aromatic rings. The topological polar surface area (TPSA) is 56.3 Å². The molecule has 0 N–H and O–H groups in total. The highest BCUT2D eigenvalue weighted by Gasteiger charge is 2.19. The van der Waals surface area contributed by atoms with Crippen LogP contribution in [0.3, 0.4) is 0 Å². The third kappa shape index (κ3) is 1.83. The molecule has 0 saturated heterocycles. The van der Waals surface area contributed by atoms with Crippen LogP contribution in [-0.2, 0) is 0 Å². The van der Waals surface area contributed by atoms with E-state index in [0.29, 0.717) is 15.8 Å². The molecule has 0 amide bonds. The van der Waals surface area contributed by atoms with Crippen LogP contribution in [0.5, 0.6) is 0 Å². The molecule has 2 rings (SSSR count). The minimum Gasteiger partial charge on any atom is -0.464 e. The van der Waals surface area contributed by atoms with Crippen LogP contribution in [0, 0.1) is 15.9 Å². The lowest BCUT2D eigenvalue weighted by atomic mass is 10.1. The Labute approximate surface area is 98.0 Å². The second kappa shape index (κ2) is 4.05. The van der Waals surface area contributed by atoms with Gasteiger partial charge in [0.05, 0.1) is 11.2 Å². The van der Waals surface area contributed by atoms with Crippen LogP contribution < -0.4 is 0 Å². The van der Waals surface area contributed by atoms with Gasteiger partial charge in [-0.1, -0.05) is 0 Å². The summed E-state index contributed by atoms with van der Waals surface area (Å²) in [6.45, 7) is 0. The normalized spacial score (nSPS) is 10.4. The molecule has 0 fully saturated rings. The lowest BCUT2D eigenvalue weighted by molar-refractivity contribution is -0.387. The number of rotatable bonds is 2. The van der Waals surface area contributed by atoms with E-state index in [1.165, 1.54) is 6.26 Å².